The fraction of sp³-hybridized carbons (Fsp3) is 0.409. The fourth-order valence-electron chi connectivity index (χ4n) is 4.15. The Bertz CT molecular complexity index is 1140. The maximum absolute atomic E-state index is 13.5. The molecule has 6 nitrogen and oxygen atoms in total. The van der Waals surface area contributed by atoms with Crippen molar-refractivity contribution in [1.82, 2.24) is 19.8 Å². The molecule has 0 saturated carbocycles. The normalized spacial score (nSPS) is 17.0. The maximum Gasteiger partial charge on any atom is 0.262 e. The first kappa shape index (κ1) is 20.7. The van der Waals surface area contributed by atoms with E-state index in [4.69, 9.17) is 0 Å². The first-order valence-electron chi connectivity index (χ1n) is 10.2. The molecule has 0 aliphatic carbocycles. The summed E-state index contributed by atoms with van der Waals surface area (Å²) in [5.41, 5.74) is 1.11. The van der Waals surface area contributed by atoms with Gasteiger partial charge in [0.25, 0.3) is 11.5 Å². The van der Waals surface area contributed by atoms with Gasteiger partial charge < -0.3 is 5.32 Å². The molecular weight excluding hydrogens is 403 g/mol. The topological polar surface area (TPSA) is 67.2 Å². The van der Waals surface area contributed by atoms with E-state index in [1.807, 2.05) is 0 Å². The van der Waals surface area contributed by atoms with Gasteiger partial charge in [-0.1, -0.05) is 19.1 Å². The monoisotopic (exact) mass is 428 g/mol. The lowest BCUT2D eigenvalue weighted by Crippen LogP contribution is -2.40. The number of likely N-dealkylation sites (N-methyl/N-ethyl adjacent to an activating group) is 1. The van der Waals surface area contributed by atoms with Gasteiger partial charge in [0.2, 0.25) is 0 Å². The Labute approximate surface area is 178 Å². The minimum Gasteiger partial charge on any atom is -0.350 e. The number of carbonyl (C=O) groups excluding carboxylic acids is 1. The lowest BCUT2D eigenvalue weighted by Gasteiger charge is -2.22. The van der Waals surface area contributed by atoms with Crippen LogP contribution in [0.15, 0.2) is 35.4 Å². The molecular formula is C22H25FN4O2S. The number of carbonyl (C=O) groups is 1. The van der Waals surface area contributed by atoms with Crippen molar-refractivity contribution < 1.29 is 9.18 Å². The van der Waals surface area contributed by atoms with Crippen LogP contribution in [0.3, 0.4) is 0 Å². The number of amides is 1. The molecule has 1 aliphatic rings. The first-order valence-corrected chi connectivity index (χ1v) is 11.0. The van der Waals surface area contributed by atoms with Crippen LogP contribution < -0.4 is 10.9 Å². The Balaban J connectivity index is 1.57. The third kappa shape index (κ3) is 4.02. The van der Waals surface area contributed by atoms with Crippen LogP contribution in [0.4, 0.5) is 4.39 Å². The molecule has 1 fully saturated rings. The van der Waals surface area contributed by atoms with E-state index in [9.17, 15) is 14.0 Å². The summed E-state index contributed by atoms with van der Waals surface area (Å²) in [7, 11) is 0. The second-order valence-electron chi connectivity index (χ2n) is 7.68. The van der Waals surface area contributed by atoms with Gasteiger partial charge in [-0.15, -0.1) is 11.3 Å². The predicted molar refractivity (Wildman–Crippen MR) is 117 cm³/mol. The van der Waals surface area contributed by atoms with E-state index in [0.29, 0.717) is 38.8 Å². The highest BCUT2D eigenvalue weighted by atomic mass is 32.1. The maximum atomic E-state index is 13.5. The number of thiophene rings is 1. The van der Waals surface area contributed by atoms with Gasteiger partial charge in [-0.25, -0.2) is 9.37 Å². The van der Waals surface area contributed by atoms with E-state index in [0.717, 1.165) is 25.9 Å². The number of hydrogen-bond donors (Lipinski definition) is 1. The van der Waals surface area contributed by atoms with Crippen molar-refractivity contribution >= 4 is 27.5 Å². The number of benzene rings is 1. The highest BCUT2D eigenvalue weighted by molar-refractivity contribution is 7.20. The molecule has 8 heteroatoms. The first-order chi connectivity index (χ1) is 14.5. The molecule has 1 N–H and O–H groups in total. The number of aryl methyl sites for hydroxylation is 1. The number of fused-ring (bicyclic) bond motifs is 1. The molecule has 0 spiro atoms. The van der Waals surface area contributed by atoms with Gasteiger partial charge in [0, 0.05) is 12.6 Å². The smallest absolute Gasteiger partial charge is 0.262 e. The fourth-order valence-corrected chi connectivity index (χ4v) is 5.21. The summed E-state index contributed by atoms with van der Waals surface area (Å²) in [6.07, 6.45) is 3.71. The minimum absolute atomic E-state index is 0.158. The number of aromatic nitrogens is 2. The van der Waals surface area contributed by atoms with E-state index in [1.54, 1.807) is 19.1 Å². The average Bonchev–Trinajstić information content (AvgIpc) is 3.32. The van der Waals surface area contributed by atoms with Crippen LogP contribution >= 0.6 is 11.3 Å². The Morgan fingerprint density at radius 1 is 1.40 bits per heavy atom. The quantitative estimate of drug-likeness (QED) is 0.655. The van der Waals surface area contributed by atoms with Gasteiger partial charge in [0.1, 0.15) is 10.6 Å². The summed E-state index contributed by atoms with van der Waals surface area (Å²) >= 11 is 1.24. The molecule has 4 rings (SSSR count). The van der Waals surface area contributed by atoms with Crippen molar-refractivity contribution in [3.05, 3.63) is 62.8 Å². The molecule has 158 valence electrons. The molecule has 3 aromatic rings. The lowest BCUT2D eigenvalue weighted by atomic mass is 10.2. The van der Waals surface area contributed by atoms with Crippen LogP contribution in [-0.4, -0.2) is 46.0 Å². The third-order valence-electron chi connectivity index (χ3n) is 5.77. The van der Waals surface area contributed by atoms with Gasteiger partial charge in [-0.05, 0) is 56.1 Å². The van der Waals surface area contributed by atoms with Crippen molar-refractivity contribution in [3.8, 4) is 0 Å². The zero-order chi connectivity index (χ0) is 21.3. The zero-order valence-electron chi connectivity index (χ0n) is 17.2. The predicted octanol–water partition coefficient (Wildman–Crippen LogP) is 3.17. The largest absolute Gasteiger partial charge is 0.350 e. The molecule has 30 heavy (non-hydrogen) atoms. The van der Waals surface area contributed by atoms with E-state index in [2.05, 4.69) is 22.1 Å². The van der Waals surface area contributed by atoms with E-state index >= 15 is 0 Å². The summed E-state index contributed by atoms with van der Waals surface area (Å²) in [6.45, 7) is 6.82. The molecule has 2 aromatic heterocycles. The molecule has 0 radical (unpaired) electrons. The third-order valence-corrected chi connectivity index (χ3v) is 6.97. The standard InChI is InChI=1S/C22H25FN4O2S/c1-3-26-9-5-8-17(26)11-24-20(28)19-14(2)18-21(30-19)25-13-27(22(18)29)12-15-6-4-7-16(23)10-15/h4,6-7,10,13,17H,3,5,8-9,11-12H2,1-2H3,(H,24,28). The van der Waals surface area contributed by atoms with Gasteiger partial charge in [0.05, 0.1) is 23.1 Å². The van der Waals surface area contributed by atoms with Crippen molar-refractivity contribution in [2.45, 2.75) is 39.3 Å². The summed E-state index contributed by atoms with van der Waals surface area (Å²) in [4.78, 5) is 33.7. The number of nitrogens with zero attached hydrogens (tertiary/aromatic N) is 3. The molecule has 1 amide bonds. The Morgan fingerprint density at radius 2 is 2.23 bits per heavy atom. The van der Waals surface area contributed by atoms with E-state index < -0.39 is 0 Å². The van der Waals surface area contributed by atoms with E-state index in [1.165, 1.54) is 34.4 Å². The summed E-state index contributed by atoms with van der Waals surface area (Å²) in [5.74, 6) is -0.501. The highest BCUT2D eigenvalue weighted by Crippen LogP contribution is 2.27. The summed E-state index contributed by atoms with van der Waals surface area (Å²) < 4.78 is 14.9. The van der Waals surface area contributed by atoms with Gasteiger partial charge in [0.15, 0.2) is 0 Å². The Kier molecular flexibility index (Phi) is 5.97. The number of hydrogen-bond acceptors (Lipinski definition) is 5. The average molecular weight is 429 g/mol. The molecule has 3 heterocycles. The molecule has 1 atom stereocenters. The highest BCUT2D eigenvalue weighted by Gasteiger charge is 2.25. The Morgan fingerprint density at radius 3 is 3.00 bits per heavy atom. The number of likely N-dealkylation sites (tertiary alicyclic amines) is 1. The zero-order valence-corrected chi connectivity index (χ0v) is 18.0. The second-order valence-corrected chi connectivity index (χ2v) is 8.68. The Hall–Kier alpha value is -2.58. The van der Waals surface area contributed by atoms with Crippen LogP contribution in [-0.2, 0) is 6.54 Å². The summed E-state index contributed by atoms with van der Waals surface area (Å²) in [6, 6.07) is 6.52. The van der Waals surface area contributed by atoms with Crippen LogP contribution in [0.5, 0.6) is 0 Å². The van der Waals surface area contributed by atoms with E-state index in [-0.39, 0.29) is 23.8 Å². The van der Waals surface area contributed by atoms with Crippen molar-refractivity contribution in [2.75, 3.05) is 19.6 Å². The van der Waals surface area contributed by atoms with Crippen LogP contribution in [0, 0.1) is 12.7 Å². The van der Waals surface area contributed by atoms with Crippen LogP contribution in [0.2, 0.25) is 0 Å². The van der Waals surface area contributed by atoms with Crippen LogP contribution in [0.1, 0.15) is 40.6 Å². The molecule has 1 aliphatic heterocycles. The second kappa shape index (κ2) is 8.65. The molecule has 1 saturated heterocycles. The number of rotatable bonds is 6. The van der Waals surface area contributed by atoms with Gasteiger partial charge in [-0.2, -0.15) is 0 Å². The minimum atomic E-state index is -0.343. The molecule has 1 aromatic carbocycles. The van der Waals surface area contributed by atoms with Gasteiger partial charge >= 0.3 is 0 Å². The van der Waals surface area contributed by atoms with Gasteiger partial charge in [-0.3, -0.25) is 19.1 Å². The van der Waals surface area contributed by atoms with Crippen molar-refractivity contribution in [3.63, 3.8) is 0 Å². The number of halogens is 1. The van der Waals surface area contributed by atoms with Crippen molar-refractivity contribution in [2.24, 2.45) is 0 Å². The lowest BCUT2D eigenvalue weighted by molar-refractivity contribution is 0.0945. The SMILES string of the molecule is CCN1CCCC1CNC(=O)c1sc2ncn(Cc3cccc(F)c3)c(=O)c2c1C. The molecule has 1 unspecified atom stereocenters. The molecule has 0 bridgehead atoms. The van der Waals surface area contributed by atoms with Crippen molar-refractivity contribution in [1.29, 1.82) is 0 Å². The summed E-state index contributed by atoms with van der Waals surface area (Å²) in [5, 5.41) is 3.50. The number of nitrogens with one attached hydrogen (secondary N) is 1. The van der Waals surface area contributed by atoms with Crippen LogP contribution in [0.25, 0.3) is 10.2 Å².